The lowest BCUT2D eigenvalue weighted by Crippen LogP contribution is -2.19. The first kappa shape index (κ1) is 16.3. The van der Waals surface area contributed by atoms with Gasteiger partial charge in [0, 0.05) is 17.1 Å². The number of alkyl halides is 5. The maximum atomic E-state index is 14.6. The first-order valence-electron chi connectivity index (χ1n) is 6.80. The fraction of sp³-hybridized carbons (Fsp3) is 0.118. The van der Waals surface area contributed by atoms with Crippen molar-refractivity contribution < 1.29 is 26.3 Å². The maximum absolute atomic E-state index is 14.6. The Labute approximate surface area is 132 Å². The zero-order chi connectivity index (χ0) is 17.5. The number of halogens is 6. The van der Waals surface area contributed by atoms with Crippen molar-refractivity contribution in [3.05, 3.63) is 77.2 Å². The number of hydrogen-bond acceptors (Lipinski definition) is 1. The van der Waals surface area contributed by atoms with Gasteiger partial charge in [0.25, 0.3) is 0 Å². The molecule has 0 bridgehead atoms. The summed E-state index contributed by atoms with van der Waals surface area (Å²) in [5.41, 5.74) is -3.65. The number of rotatable bonds is 2. The minimum atomic E-state index is -4.87. The van der Waals surface area contributed by atoms with Gasteiger partial charge in [-0.25, -0.2) is 4.39 Å². The van der Waals surface area contributed by atoms with Crippen LogP contribution >= 0.6 is 0 Å². The number of aromatic nitrogens is 1. The van der Waals surface area contributed by atoms with Crippen LogP contribution in [0.25, 0.3) is 10.9 Å². The molecule has 1 nitrogen and oxygen atoms in total. The Hall–Kier alpha value is -2.57. The summed E-state index contributed by atoms with van der Waals surface area (Å²) in [5.74, 6) is -5.11. The maximum Gasteiger partial charge on any atom is 0.418 e. The first-order chi connectivity index (χ1) is 11.2. The molecule has 0 unspecified atom stereocenters. The van der Waals surface area contributed by atoms with E-state index in [9.17, 15) is 26.3 Å². The van der Waals surface area contributed by atoms with E-state index in [1.165, 1.54) is 24.3 Å². The summed E-state index contributed by atoms with van der Waals surface area (Å²) >= 11 is 0. The molecule has 1 aromatic heterocycles. The first-order valence-corrected chi connectivity index (χ1v) is 6.80. The summed E-state index contributed by atoms with van der Waals surface area (Å²) in [5, 5.41) is -0.0988. The number of pyridine rings is 1. The molecule has 0 atom stereocenters. The second-order valence-corrected chi connectivity index (χ2v) is 5.15. The molecule has 0 aliphatic heterocycles. The topological polar surface area (TPSA) is 12.9 Å². The smallest absolute Gasteiger partial charge is 0.256 e. The Morgan fingerprint density at radius 1 is 0.792 bits per heavy atom. The van der Waals surface area contributed by atoms with E-state index in [0.29, 0.717) is 6.07 Å². The molecule has 3 aromatic rings. The van der Waals surface area contributed by atoms with E-state index in [1.807, 2.05) is 0 Å². The van der Waals surface area contributed by atoms with Crippen molar-refractivity contribution in [2.75, 3.05) is 0 Å². The van der Waals surface area contributed by atoms with Gasteiger partial charge in [0.1, 0.15) is 5.82 Å². The molecular weight excluding hydrogens is 332 g/mol. The zero-order valence-corrected chi connectivity index (χ0v) is 11.9. The number of fused-ring (bicyclic) bond motifs is 1. The summed E-state index contributed by atoms with van der Waals surface area (Å²) in [7, 11) is 0. The molecular formula is C17H9F6N. The van der Waals surface area contributed by atoms with Gasteiger partial charge in [-0.2, -0.15) is 22.0 Å². The third-order valence-electron chi connectivity index (χ3n) is 3.58. The molecule has 7 heteroatoms. The van der Waals surface area contributed by atoms with E-state index in [0.717, 1.165) is 24.4 Å². The van der Waals surface area contributed by atoms with Crippen LogP contribution in [-0.4, -0.2) is 4.98 Å². The second-order valence-electron chi connectivity index (χ2n) is 5.15. The van der Waals surface area contributed by atoms with Crippen molar-refractivity contribution in [1.29, 1.82) is 0 Å². The van der Waals surface area contributed by atoms with Gasteiger partial charge in [-0.1, -0.05) is 18.2 Å². The van der Waals surface area contributed by atoms with Crippen LogP contribution in [0, 0.1) is 5.82 Å². The lowest BCUT2D eigenvalue weighted by molar-refractivity contribution is -0.136. The Bertz CT molecular complexity index is 901. The van der Waals surface area contributed by atoms with Gasteiger partial charge in [0.05, 0.1) is 16.6 Å². The Balaban J connectivity index is 2.29. The normalized spacial score (nSPS) is 12.6. The summed E-state index contributed by atoms with van der Waals surface area (Å²) < 4.78 is 82.6. The SMILES string of the molecule is Fc1ccccc1C(F)(F)c1cc(C(F)(F)F)c2ncccc2c1. The number of nitrogens with zero attached hydrogens (tertiary/aromatic N) is 1. The molecule has 24 heavy (non-hydrogen) atoms. The van der Waals surface area contributed by atoms with Crippen molar-refractivity contribution in [2.45, 2.75) is 12.1 Å². The highest BCUT2D eigenvalue weighted by Crippen LogP contribution is 2.42. The van der Waals surface area contributed by atoms with Crippen molar-refractivity contribution in [3.8, 4) is 0 Å². The van der Waals surface area contributed by atoms with Crippen LogP contribution in [0.4, 0.5) is 26.3 Å². The van der Waals surface area contributed by atoms with Crippen molar-refractivity contribution in [2.24, 2.45) is 0 Å². The van der Waals surface area contributed by atoms with E-state index in [-0.39, 0.29) is 5.39 Å². The Morgan fingerprint density at radius 2 is 1.50 bits per heavy atom. The molecule has 0 N–H and O–H groups in total. The molecule has 2 aromatic carbocycles. The molecule has 0 saturated carbocycles. The van der Waals surface area contributed by atoms with Gasteiger partial charge >= 0.3 is 12.1 Å². The summed E-state index contributed by atoms with van der Waals surface area (Å²) in [6.45, 7) is 0. The quantitative estimate of drug-likeness (QED) is 0.558. The average Bonchev–Trinajstić information content (AvgIpc) is 2.53. The van der Waals surface area contributed by atoms with Gasteiger partial charge in [0.2, 0.25) is 0 Å². The van der Waals surface area contributed by atoms with Crippen molar-refractivity contribution in [3.63, 3.8) is 0 Å². The Kier molecular flexibility index (Phi) is 3.74. The molecule has 3 rings (SSSR count). The molecule has 0 aliphatic rings. The average molecular weight is 341 g/mol. The second kappa shape index (κ2) is 5.51. The molecule has 0 fully saturated rings. The summed E-state index contributed by atoms with van der Waals surface area (Å²) in [4.78, 5) is 3.62. The summed E-state index contributed by atoms with van der Waals surface area (Å²) in [6.07, 6.45) is -3.72. The van der Waals surface area contributed by atoms with Gasteiger partial charge in [-0.3, -0.25) is 4.98 Å². The fourth-order valence-corrected chi connectivity index (χ4v) is 2.46. The van der Waals surface area contributed by atoms with Crippen LogP contribution in [0.1, 0.15) is 16.7 Å². The van der Waals surface area contributed by atoms with Crippen LogP contribution in [0.5, 0.6) is 0 Å². The van der Waals surface area contributed by atoms with Gasteiger partial charge in [-0.05, 0) is 30.3 Å². The predicted molar refractivity (Wildman–Crippen MR) is 76.1 cm³/mol. The summed E-state index contributed by atoms with van der Waals surface area (Å²) in [6, 6.07) is 7.89. The molecule has 0 aliphatic carbocycles. The monoisotopic (exact) mass is 341 g/mol. The van der Waals surface area contributed by atoms with Gasteiger partial charge < -0.3 is 0 Å². The van der Waals surface area contributed by atoms with Crippen molar-refractivity contribution in [1.82, 2.24) is 4.98 Å². The molecule has 0 amide bonds. The largest absolute Gasteiger partial charge is 0.418 e. The molecule has 0 spiro atoms. The minimum absolute atomic E-state index is 0.0988. The molecule has 124 valence electrons. The van der Waals surface area contributed by atoms with E-state index >= 15 is 0 Å². The van der Waals surface area contributed by atoms with E-state index in [2.05, 4.69) is 4.98 Å². The minimum Gasteiger partial charge on any atom is -0.256 e. The van der Waals surface area contributed by atoms with E-state index in [1.54, 1.807) is 0 Å². The third kappa shape index (κ3) is 2.70. The highest BCUT2D eigenvalue weighted by Gasteiger charge is 2.40. The molecule has 1 heterocycles. The van der Waals surface area contributed by atoms with Crippen LogP contribution in [0.15, 0.2) is 54.7 Å². The standard InChI is InChI=1S/C17H9F6N/c18-14-6-2-1-5-12(14)16(19,20)11-8-10-4-3-7-24-15(10)13(9-11)17(21,22)23/h1-9H. The van der Waals surface area contributed by atoms with Crippen molar-refractivity contribution >= 4 is 10.9 Å². The number of benzene rings is 2. The van der Waals surface area contributed by atoms with Crippen LogP contribution in [0.3, 0.4) is 0 Å². The van der Waals surface area contributed by atoms with Crippen LogP contribution in [-0.2, 0) is 12.1 Å². The molecule has 0 radical (unpaired) electrons. The Morgan fingerprint density at radius 3 is 2.17 bits per heavy atom. The zero-order valence-electron chi connectivity index (χ0n) is 11.9. The predicted octanol–water partition coefficient (Wildman–Crippen LogP) is 5.53. The van der Waals surface area contributed by atoms with Crippen LogP contribution in [0.2, 0.25) is 0 Å². The molecule has 0 saturated heterocycles. The lowest BCUT2D eigenvalue weighted by Gasteiger charge is -2.20. The third-order valence-corrected chi connectivity index (χ3v) is 3.58. The highest BCUT2D eigenvalue weighted by atomic mass is 19.4. The fourth-order valence-electron chi connectivity index (χ4n) is 2.46. The number of hydrogen-bond donors (Lipinski definition) is 0. The van der Waals surface area contributed by atoms with E-state index in [4.69, 9.17) is 0 Å². The van der Waals surface area contributed by atoms with Gasteiger partial charge in [0.15, 0.2) is 0 Å². The van der Waals surface area contributed by atoms with E-state index < -0.39 is 40.1 Å². The van der Waals surface area contributed by atoms with Crippen LogP contribution < -0.4 is 0 Å². The highest BCUT2D eigenvalue weighted by molar-refractivity contribution is 5.83. The lowest BCUT2D eigenvalue weighted by atomic mass is 9.95. The van der Waals surface area contributed by atoms with Gasteiger partial charge in [-0.15, -0.1) is 0 Å².